The number of anilines is 1. The lowest BCUT2D eigenvalue weighted by Crippen LogP contribution is -2.11. The summed E-state index contributed by atoms with van der Waals surface area (Å²) in [5.41, 5.74) is 8.74. The molecule has 0 bridgehead atoms. The Balaban J connectivity index is 2.02. The van der Waals surface area contributed by atoms with Gasteiger partial charge < -0.3 is 10.7 Å². The van der Waals surface area contributed by atoms with E-state index in [1.165, 1.54) is 3.97 Å². The summed E-state index contributed by atoms with van der Waals surface area (Å²) < 4.78 is 27.6. The van der Waals surface area contributed by atoms with Gasteiger partial charge in [-0.15, -0.1) is 0 Å². The van der Waals surface area contributed by atoms with Crippen LogP contribution in [-0.2, 0) is 16.4 Å². The van der Waals surface area contributed by atoms with Crippen molar-refractivity contribution in [3.8, 4) is 11.3 Å². The zero-order valence-electron chi connectivity index (χ0n) is 14.2. The molecule has 2 aromatic carbocycles. The largest absolute Gasteiger partial charge is 0.369 e. The fourth-order valence-corrected chi connectivity index (χ4v) is 4.54. The first-order valence-electron chi connectivity index (χ1n) is 8.28. The number of nitrogens with one attached hydrogen (secondary N) is 1. The summed E-state index contributed by atoms with van der Waals surface area (Å²) in [6, 6.07) is 15.8. The second kappa shape index (κ2) is 6.03. The fourth-order valence-electron chi connectivity index (χ4n) is 3.15. The highest BCUT2D eigenvalue weighted by molar-refractivity contribution is 7.90. The van der Waals surface area contributed by atoms with Gasteiger partial charge in [-0.2, -0.15) is 0 Å². The molecule has 132 valence electrons. The Morgan fingerprint density at radius 3 is 2.50 bits per heavy atom. The summed E-state index contributed by atoms with van der Waals surface area (Å²) in [6.45, 7) is 2.00. The van der Waals surface area contributed by atoms with Gasteiger partial charge in [0.25, 0.3) is 10.0 Å². The molecule has 0 fully saturated rings. The first-order chi connectivity index (χ1) is 12.5. The molecule has 0 spiro atoms. The van der Waals surface area contributed by atoms with Crippen LogP contribution in [0, 0.1) is 0 Å². The molecule has 0 aliphatic heterocycles. The van der Waals surface area contributed by atoms with Crippen LogP contribution in [0.4, 0.5) is 5.95 Å². The predicted molar refractivity (Wildman–Crippen MR) is 102 cm³/mol. The van der Waals surface area contributed by atoms with Crippen molar-refractivity contribution in [3.63, 3.8) is 0 Å². The van der Waals surface area contributed by atoms with Crippen molar-refractivity contribution < 1.29 is 8.42 Å². The first kappa shape index (κ1) is 16.4. The molecule has 3 N–H and O–H groups in total. The maximum absolute atomic E-state index is 13.2. The van der Waals surface area contributed by atoms with E-state index < -0.39 is 10.0 Å². The van der Waals surface area contributed by atoms with E-state index in [9.17, 15) is 8.42 Å². The Bertz CT molecular complexity index is 1190. The highest BCUT2D eigenvalue weighted by Gasteiger charge is 2.23. The highest BCUT2D eigenvalue weighted by atomic mass is 32.2. The number of nitrogens with zero attached hydrogens (tertiary/aromatic N) is 2. The van der Waals surface area contributed by atoms with Crippen molar-refractivity contribution >= 4 is 26.9 Å². The van der Waals surface area contributed by atoms with Crippen LogP contribution < -0.4 is 5.73 Å². The number of H-pyrrole nitrogens is 1. The van der Waals surface area contributed by atoms with Gasteiger partial charge >= 0.3 is 0 Å². The number of para-hydroxylation sites is 1. The third kappa shape index (κ3) is 2.48. The van der Waals surface area contributed by atoms with Gasteiger partial charge in [-0.25, -0.2) is 17.4 Å². The van der Waals surface area contributed by atoms with Crippen molar-refractivity contribution in [2.75, 3.05) is 5.73 Å². The van der Waals surface area contributed by atoms with Crippen LogP contribution in [0.25, 0.3) is 22.2 Å². The van der Waals surface area contributed by atoms with Crippen molar-refractivity contribution in [2.24, 2.45) is 0 Å². The third-order valence-corrected chi connectivity index (χ3v) is 6.07. The van der Waals surface area contributed by atoms with E-state index in [1.807, 2.05) is 25.1 Å². The normalized spacial score (nSPS) is 11.9. The number of rotatable bonds is 4. The Morgan fingerprint density at radius 1 is 1.08 bits per heavy atom. The lowest BCUT2D eigenvalue weighted by molar-refractivity contribution is 0.589. The van der Waals surface area contributed by atoms with Gasteiger partial charge in [0.2, 0.25) is 0 Å². The van der Waals surface area contributed by atoms with Crippen LogP contribution in [0.5, 0.6) is 0 Å². The number of aromatic amines is 1. The van der Waals surface area contributed by atoms with Gasteiger partial charge in [0.1, 0.15) is 0 Å². The molecule has 0 saturated carbocycles. The van der Waals surface area contributed by atoms with Gasteiger partial charge in [0, 0.05) is 22.8 Å². The van der Waals surface area contributed by atoms with Crippen molar-refractivity contribution in [1.82, 2.24) is 13.9 Å². The number of nitrogen functional groups attached to an aromatic ring is 1. The lowest BCUT2D eigenvalue weighted by atomic mass is 10.1. The minimum atomic E-state index is -3.72. The second-order valence-corrected chi connectivity index (χ2v) is 7.79. The summed E-state index contributed by atoms with van der Waals surface area (Å²) >= 11 is 0. The molecule has 4 aromatic rings. The topological polar surface area (TPSA) is 93.8 Å². The van der Waals surface area contributed by atoms with Gasteiger partial charge in [-0.3, -0.25) is 0 Å². The summed E-state index contributed by atoms with van der Waals surface area (Å²) in [5.74, 6) is 0.319. The number of fused-ring (bicyclic) bond motifs is 1. The van der Waals surface area contributed by atoms with Gasteiger partial charge in [0.05, 0.1) is 16.1 Å². The van der Waals surface area contributed by atoms with Crippen LogP contribution in [0.1, 0.15) is 12.6 Å². The Labute approximate surface area is 151 Å². The summed E-state index contributed by atoms with van der Waals surface area (Å²) in [5, 5.41) is 0.813. The van der Waals surface area contributed by atoms with Crippen LogP contribution in [0.15, 0.2) is 65.7 Å². The van der Waals surface area contributed by atoms with E-state index in [4.69, 9.17) is 5.73 Å². The van der Waals surface area contributed by atoms with Gasteiger partial charge in [-0.1, -0.05) is 43.3 Å². The number of aryl methyl sites for hydroxylation is 1. The molecule has 7 heteroatoms. The minimum absolute atomic E-state index is 0.240. The molecule has 0 saturated heterocycles. The van der Waals surface area contributed by atoms with E-state index >= 15 is 0 Å². The van der Waals surface area contributed by atoms with E-state index in [0.717, 1.165) is 16.6 Å². The molecule has 26 heavy (non-hydrogen) atoms. The number of aromatic nitrogens is 3. The lowest BCUT2D eigenvalue weighted by Gasteiger charge is -2.07. The molecular formula is C19H18N4O2S. The molecule has 0 aliphatic rings. The standard InChI is InChI=1S/C19H18N4O2S/c1-2-16-18(22-19(20)21-16)15-12-23(17-11-7-6-10-14(15)17)26(24,25)13-8-4-3-5-9-13/h3-12H,2H2,1H3,(H3,20,21,22). The number of hydrogen-bond acceptors (Lipinski definition) is 4. The third-order valence-electron chi connectivity index (χ3n) is 4.38. The fraction of sp³-hybridized carbons (Fsp3) is 0.105. The molecule has 0 amide bonds. The molecule has 0 aliphatic carbocycles. The van der Waals surface area contributed by atoms with E-state index in [-0.39, 0.29) is 4.90 Å². The van der Waals surface area contributed by atoms with Crippen LogP contribution in [0.2, 0.25) is 0 Å². The molecule has 2 aromatic heterocycles. The number of imidazole rings is 1. The van der Waals surface area contributed by atoms with Crippen molar-refractivity contribution in [3.05, 3.63) is 66.5 Å². The Hall–Kier alpha value is -3.06. The molecule has 6 nitrogen and oxygen atoms in total. The zero-order chi connectivity index (χ0) is 18.3. The summed E-state index contributed by atoms with van der Waals surface area (Å²) in [7, 11) is -3.72. The van der Waals surface area contributed by atoms with Crippen molar-refractivity contribution in [1.29, 1.82) is 0 Å². The van der Waals surface area contributed by atoms with Crippen LogP contribution in [-0.4, -0.2) is 22.4 Å². The van der Waals surface area contributed by atoms with Gasteiger partial charge in [0.15, 0.2) is 5.95 Å². The minimum Gasteiger partial charge on any atom is -0.369 e. The number of benzene rings is 2. The molecule has 0 unspecified atom stereocenters. The smallest absolute Gasteiger partial charge is 0.268 e. The van der Waals surface area contributed by atoms with Crippen LogP contribution >= 0.6 is 0 Å². The molecule has 2 heterocycles. The SMILES string of the molecule is CCc1[nH]c(N)nc1-c1cn(S(=O)(=O)c2ccccc2)c2ccccc12. The Morgan fingerprint density at radius 2 is 1.77 bits per heavy atom. The summed E-state index contributed by atoms with van der Waals surface area (Å²) in [6.07, 6.45) is 2.34. The first-order valence-corrected chi connectivity index (χ1v) is 9.72. The number of hydrogen-bond donors (Lipinski definition) is 2. The molecule has 0 radical (unpaired) electrons. The second-order valence-electron chi connectivity index (χ2n) is 5.98. The van der Waals surface area contributed by atoms with Crippen LogP contribution in [0.3, 0.4) is 0 Å². The molecule has 4 rings (SSSR count). The highest BCUT2D eigenvalue weighted by Crippen LogP contribution is 2.34. The maximum Gasteiger partial charge on any atom is 0.268 e. The number of nitrogens with two attached hydrogens (primary N) is 1. The molecule has 0 atom stereocenters. The van der Waals surface area contributed by atoms with Gasteiger partial charge in [-0.05, 0) is 24.6 Å². The average Bonchev–Trinajstić information content (AvgIpc) is 3.23. The van der Waals surface area contributed by atoms with E-state index in [2.05, 4.69) is 9.97 Å². The molecular weight excluding hydrogens is 348 g/mol. The summed E-state index contributed by atoms with van der Waals surface area (Å²) in [4.78, 5) is 7.67. The zero-order valence-corrected chi connectivity index (χ0v) is 15.0. The maximum atomic E-state index is 13.2. The van der Waals surface area contributed by atoms with Crippen molar-refractivity contribution in [2.45, 2.75) is 18.2 Å². The monoisotopic (exact) mass is 366 g/mol. The predicted octanol–water partition coefficient (Wildman–Crippen LogP) is 3.41. The van der Waals surface area contributed by atoms with E-state index in [1.54, 1.807) is 42.6 Å². The average molecular weight is 366 g/mol. The quantitative estimate of drug-likeness (QED) is 0.579. The van der Waals surface area contributed by atoms with E-state index in [0.29, 0.717) is 23.6 Å². The Kier molecular flexibility index (Phi) is 3.81.